The van der Waals surface area contributed by atoms with E-state index in [0.717, 1.165) is 5.69 Å². The lowest BCUT2D eigenvalue weighted by Gasteiger charge is -2.28. The molecule has 5 nitrogen and oxygen atoms in total. The molecule has 0 aromatic carbocycles. The Morgan fingerprint density at radius 2 is 2.00 bits per heavy atom. The Labute approximate surface area is 143 Å². The summed E-state index contributed by atoms with van der Waals surface area (Å²) in [6, 6.07) is 5.39. The summed E-state index contributed by atoms with van der Waals surface area (Å²) < 4.78 is 5.57. The maximum atomic E-state index is 12.4. The molecular formula is C15H23Cl2N3O2. The molecule has 2 N–H and O–H groups in total. The molecule has 0 spiro atoms. The van der Waals surface area contributed by atoms with Crippen LogP contribution in [-0.2, 0) is 0 Å². The van der Waals surface area contributed by atoms with E-state index in [1.54, 1.807) is 18.0 Å². The van der Waals surface area contributed by atoms with Crippen LogP contribution in [0.5, 0.6) is 0 Å². The van der Waals surface area contributed by atoms with Gasteiger partial charge in [0.05, 0.1) is 0 Å². The van der Waals surface area contributed by atoms with E-state index in [1.165, 1.54) is 0 Å². The number of aryl methyl sites for hydroxylation is 1. The average Bonchev–Trinajstić information content (AvgIpc) is 2.80. The summed E-state index contributed by atoms with van der Waals surface area (Å²) >= 11 is 0. The van der Waals surface area contributed by atoms with Gasteiger partial charge in [-0.25, -0.2) is 4.98 Å². The van der Waals surface area contributed by atoms with Gasteiger partial charge in [-0.15, -0.1) is 24.8 Å². The van der Waals surface area contributed by atoms with E-state index >= 15 is 0 Å². The van der Waals surface area contributed by atoms with Gasteiger partial charge in [0, 0.05) is 25.4 Å². The van der Waals surface area contributed by atoms with Crippen molar-refractivity contribution in [2.24, 2.45) is 11.1 Å². The van der Waals surface area contributed by atoms with Gasteiger partial charge in [0.15, 0.2) is 11.3 Å². The summed E-state index contributed by atoms with van der Waals surface area (Å²) in [6.45, 7) is 7.06. The number of aromatic nitrogens is 1. The number of nitrogens with two attached hydrogens (primary N) is 1. The van der Waals surface area contributed by atoms with Crippen molar-refractivity contribution in [2.45, 2.75) is 20.8 Å². The molecule has 1 amide bonds. The van der Waals surface area contributed by atoms with E-state index in [0.29, 0.717) is 29.9 Å². The minimum atomic E-state index is -0.151. The Morgan fingerprint density at radius 1 is 1.36 bits per heavy atom. The molecule has 0 aliphatic heterocycles. The van der Waals surface area contributed by atoms with Crippen LogP contribution in [0, 0.1) is 12.3 Å². The second-order valence-corrected chi connectivity index (χ2v) is 5.98. The van der Waals surface area contributed by atoms with Gasteiger partial charge in [-0.05, 0) is 31.0 Å². The second-order valence-electron chi connectivity index (χ2n) is 5.98. The van der Waals surface area contributed by atoms with Gasteiger partial charge >= 0.3 is 0 Å². The number of rotatable bonds is 4. The lowest BCUT2D eigenvalue weighted by Crippen LogP contribution is -2.39. The van der Waals surface area contributed by atoms with Crippen molar-refractivity contribution < 1.29 is 9.21 Å². The molecule has 2 rings (SSSR count). The number of amides is 1. The first-order valence-electron chi connectivity index (χ1n) is 6.65. The highest BCUT2D eigenvalue weighted by Crippen LogP contribution is 2.20. The predicted octanol–water partition coefficient (Wildman–Crippen LogP) is 3.04. The topological polar surface area (TPSA) is 72.4 Å². The van der Waals surface area contributed by atoms with Crippen LogP contribution in [0.2, 0.25) is 0 Å². The first kappa shape index (κ1) is 20.7. The predicted molar refractivity (Wildman–Crippen MR) is 93.0 cm³/mol. The van der Waals surface area contributed by atoms with Gasteiger partial charge in [0.2, 0.25) is 0 Å². The molecule has 0 atom stereocenters. The van der Waals surface area contributed by atoms with Crippen molar-refractivity contribution in [3.63, 3.8) is 0 Å². The molecule has 2 heterocycles. The standard InChI is InChI=1S/C15H21N3O2.2ClH/c1-10-5-6-12-11(17-10)7-13(20-12)14(19)18(4)9-15(2,3)8-16;;/h5-7H,8-9,16H2,1-4H3;2*1H. The Bertz CT molecular complexity index is 641. The maximum absolute atomic E-state index is 12.4. The monoisotopic (exact) mass is 347 g/mol. The van der Waals surface area contributed by atoms with Crippen LogP contribution in [0.4, 0.5) is 0 Å². The maximum Gasteiger partial charge on any atom is 0.289 e. The fourth-order valence-electron chi connectivity index (χ4n) is 2.10. The summed E-state index contributed by atoms with van der Waals surface area (Å²) in [5, 5.41) is 0. The highest BCUT2D eigenvalue weighted by Gasteiger charge is 2.24. The smallest absolute Gasteiger partial charge is 0.289 e. The van der Waals surface area contributed by atoms with Crippen LogP contribution in [-0.4, -0.2) is 35.9 Å². The minimum absolute atomic E-state index is 0. The summed E-state index contributed by atoms with van der Waals surface area (Å²) in [5.41, 5.74) is 7.82. The normalized spacial score (nSPS) is 10.8. The Balaban J connectivity index is 0.00000220. The molecular weight excluding hydrogens is 325 g/mol. The first-order valence-corrected chi connectivity index (χ1v) is 6.65. The number of fused-ring (bicyclic) bond motifs is 1. The number of carbonyl (C=O) groups is 1. The lowest BCUT2D eigenvalue weighted by atomic mass is 9.93. The molecule has 0 aliphatic carbocycles. The molecule has 0 radical (unpaired) electrons. The third kappa shape index (κ3) is 4.60. The molecule has 22 heavy (non-hydrogen) atoms. The van der Waals surface area contributed by atoms with E-state index in [2.05, 4.69) is 4.98 Å². The Morgan fingerprint density at radius 3 is 2.59 bits per heavy atom. The zero-order chi connectivity index (χ0) is 14.9. The molecule has 2 aromatic heterocycles. The first-order chi connectivity index (χ1) is 9.32. The van der Waals surface area contributed by atoms with E-state index in [-0.39, 0.29) is 36.1 Å². The van der Waals surface area contributed by atoms with Gasteiger partial charge in [0.1, 0.15) is 5.52 Å². The summed E-state index contributed by atoms with van der Waals surface area (Å²) in [5.74, 6) is 0.163. The number of halogens is 2. The number of pyridine rings is 1. The van der Waals surface area contributed by atoms with Crippen molar-refractivity contribution >= 4 is 41.8 Å². The van der Waals surface area contributed by atoms with Crippen molar-refractivity contribution in [2.75, 3.05) is 20.1 Å². The summed E-state index contributed by atoms with van der Waals surface area (Å²) in [4.78, 5) is 18.3. The molecule has 0 saturated heterocycles. The van der Waals surface area contributed by atoms with E-state index < -0.39 is 0 Å². The van der Waals surface area contributed by atoms with Crippen LogP contribution in [0.1, 0.15) is 30.1 Å². The van der Waals surface area contributed by atoms with Crippen LogP contribution < -0.4 is 5.73 Å². The highest BCUT2D eigenvalue weighted by atomic mass is 35.5. The van der Waals surface area contributed by atoms with Gasteiger partial charge < -0.3 is 15.1 Å². The van der Waals surface area contributed by atoms with Crippen molar-refractivity contribution in [3.8, 4) is 0 Å². The molecule has 0 saturated carbocycles. The van der Waals surface area contributed by atoms with Crippen LogP contribution in [0.25, 0.3) is 11.1 Å². The van der Waals surface area contributed by atoms with Gasteiger partial charge in [0.25, 0.3) is 5.91 Å². The molecule has 0 unspecified atom stereocenters. The Kier molecular flexibility index (Phi) is 7.35. The zero-order valence-electron chi connectivity index (χ0n) is 13.3. The number of carbonyl (C=O) groups excluding carboxylic acids is 1. The minimum Gasteiger partial charge on any atom is -0.449 e. The number of furan rings is 1. The van der Waals surface area contributed by atoms with E-state index in [9.17, 15) is 4.79 Å². The lowest BCUT2D eigenvalue weighted by molar-refractivity contribution is 0.0711. The largest absolute Gasteiger partial charge is 0.449 e. The molecule has 124 valence electrons. The average molecular weight is 348 g/mol. The number of nitrogens with zero attached hydrogens (tertiary/aromatic N) is 2. The fraction of sp³-hybridized carbons (Fsp3) is 0.467. The zero-order valence-corrected chi connectivity index (χ0v) is 14.9. The molecule has 2 aromatic rings. The molecule has 0 fully saturated rings. The summed E-state index contributed by atoms with van der Waals surface area (Å²) in [6.07, 6.45) is 0. The van der Waals surface area contributed by atoms with Crippen LogP contribution in [0.15, 0.2) is 22.6 Å². The van der Waals surface area contributed by atoms with Crippen molar-refractivity contribution in [3.05, 3.63) is 29.7 Å². The van der Waals surface area contributed by atoms with E-state index in [1.807, 2.05) is 32.9 Å². The highest BCUT2D eigenvalue weighted by molar-refractivity contribution is 5.95. The summed E-state index contributed by atoms with van der Waals surface area (Å²) in [7, 11) is 1.76. The van der Waals surface area contributed by atoms with Crippen molar-refractivity contribution in [1.29, 1.82) is 0 Å². The molecule has 0 bridgehead atoms. The molecule has 7 heteroatoms. The van der Waals surface area contributed by atoms with Gasteiger partial charge in [-0.2, -0.15) is 0 Å². The SMILES string of the molecule is Cc1ccc2oc(C(=O)N(C)CC(C)(C)CN)cc2n1.Cl.Cl. The van der Waals surface area contributed by atoms with Crippen molar-refractivity contribution in [1.82, 2.24) is 9.88 Å². The molecule has 0 aliphatic rings. The quantitative estimate of drug-likeness (QED) is 0.922. The third-order valence-electron chi connectivity index (χ3n) is 3.29. The third-order valence-corrected chi connectivity index (χ3v) is 3.29. The Hall–Kier alpha value is -1.30. The second kappa shape index (κ2) is 7.81. The van der Waals surface area contributed by atoms with Gasteiger partial charge in [-0.1, -0.05) is 13.8 Å². The van der Waals surface area contributed by atoms with Crippen LogP contribution >= 0.6 is 24.8 Å². The fourth-order valence-corrected chi connectivity index (χ4v) is 2.10. The van der Waals surface area contributed by atoms with E-state index in [4.69, 9.17) is 10.2 Å². The number of hydrogen-bond acceptors (Lipinski definition) is 4. The van der Waals surface area contributed by atoms with Crippen LogP contribution in [0.3, 0.4) is 0 Å². The number of hydrogen-bond donors (Lipinski definition) is 1. The van der Waals surface area contributed by atoms with Gasteiger partial charge in [-0.3, -0.25) is 4.79 Å².